The standard InChI is InChI=1S/C9H18O2.2C9H18O.C8H18N2O.2C8H17NO2.C8H17NO.C8H18O2S.C8H16O2.C7H17NO2S.C7H16O2S.C7H16O/c1-7(2)5-9(10)6-11-8(3)4;1-7(2)5-9(10)6-8(3)4;1-7(2)5-6-9(10)8(3)4;1-6(2)5-9-8(11)10-7(3)4;1-6(2)5-11-8(10)9-7(3)4;1-6(2)5-9-8(10)11-7(3)4;1-6(2)5-9-8(10)7(3)4;1-7(2)5-11(9,10)6-8(3)4;1-6(2)5-8(9)10-7(3)4;1-6(2)5-8-11(9,10)7(3)4;1-6(2)5-10(8,9)7(3)4;1-6(2)5-8-7(3)4/h7-8H,5-6H2,1-4H3;2*7-8H,5-6H2,1-4H3;6-7H,5H2,1-4H3,(H2,9,10,11);2*6-7H,5H2,1-4H3,(H,9,10);6-7H,5H2,1-4H3,(H,9,10);7-8H,5-6H2,1-4H3;6-7H,5H2,1-4H3;6-8H,5H2,1-4H3;6-7H,5H2,1-4H3;6-7H,5H2,1-4H3. The van der Waals surface area contributed by atoms with Gasteiger partial charge in [-0.15, -0.1) is 0 Å². The smallest absolute Gasteiger partial charge is 0.407 e. The van der Waals surface area contributed by atoms with Crippen LogP contribution in [-0.2, 0) is 77.4 Å². The predicted octanol–water partition coefficient (Wildman–Crippen LogP) is 21.8. The molecule has 5 amide bonds. The van der Waals surface area contributed by atoms with Crippen LogP contribution in [0.5, 0.6) is 0 Å². The number of esters is 1. The number of urea groups is 1. The monoisotopic (exact) mass is 1840 g/mol. The molecule has 124 heavy (non-hydrogen) atoms. The number of sulfonamides is 1. The molecule has 0 fully saturated rings. The van der Waals surface area contributed by atoms with Crippen molar-refractivity contribution in [3.8, 4) is 0 Å². The van der Waals surface area contributed by atoms with Crippen molar-refractivity contribution < 1.29 is 87.3 Å². The van der Waals surface area contributed by atoms with Crippen molar-refractivity contribution in [3.63, 3.8) is 0 Å². The summed E-state index contributed by atoms with van der Waals surface area (Å²) in [5, 5.41) is 13.1. The highest BCUT2D eigenvalue weighted by atomic mass is 32.2. The lowest BCUT2D eigenvalue weighted by Crippen LogP contribution is -2.40. The van der Waals surface area contributed by atoms with Gasteiger partial charge in [-0.1, -0.05) is 222 Å². The molecule has 0 spiro atoms. The van der Waals surface area contributed by atoms with Crippen molar-refractivity contribution >= 4 is 77.1 Å². The van der Waals surface area contributed by atoms with E-state index in [9.17, 15) is 63.6 Å². The number of ketones is 3. The molecule has 0 saturated carbocycles. The summed E-state index contributed by atoms with van der Waals surface area (Å²) in [5.41, 5.74) is 0. The highest BCUT2D eigenvalue weighted by molar-refractivity contribution is 7.92. The molecule has 0 rings (SSSR count). The molecule has 0 aliphatic carbocycles. The van der Waals surface area contributed by atoms with Gasteiger partial charge in [-0.2, -0.15) is 0 Å². The van der Waals surface area contributed by atoms with Gasteiger partial charge in [0.15, 0.2) is 25.5 Å². The maximum Gasteiger partial charge on any atom is 0.407 e. The van der Waals surface area contributed by atoms with Crippen LogP contribution in [-0.4, -0.2) is 183 Å². The van der Waals surface area contributed by atoms with Gasteiger partial charge in [0.2, 0.25) is 15.9 Å². The number of nitrogens with one attached hydrogen (secondary N) is 6. The normalized spacial score (nSPS) is 11.3. The number of carbonyl (C=O) groups is 8. The van der Waals surface area contributed by atoms with Crippen LogP contribution in [0.1, 0.15) is 371 Å². The van der Waals surface area contributed by atoms with E-state index < -0.39 is 29.7 Å². The van der Waals surface area contributed by atoms with E-state index in [0.717, 1.165) is 45.4 Å². The lowest BCUT2D eigenvalue weighted by molar-refractivity contribution is -0.148. The molecule has 0 aliphatic heterocycles. The van der Waals surface area contributed by atoms with Gasteiger partial charge in [-0.3, -0.25) is 24.0 Å². The average Bonchev–Trinajstić information content (AvgIpc) is 0.893. The van der Waals surface area contributed by atoms with Gasteiger partial charge in [-0.05, 0) is 200 Å². The zero-order valence-corrected chi connectivity index (χ0v) is 91.6. The number of alkyl carbamates (subject to hydrolysis) is 2. The van der Waals surface area contributed by atoms with Crippen molar-refractivity contribution in [3.05, 3.63) is 0 Å². The van der Waals surface area contributed by atoms with Crippen molar-refractivity contribution in [1.82, 2.24) is 31.3 Å². The first-order valence-electron chi connectivity index (χ1n) is 46.5. The molecule has 0 aromatic heterocycles. The van der Waals surface area contributed by atoms with Crippen molar-refractivity contribution in [2.45, 2.75) is 418 Å². The molecule has 0 saturated heterocycles. The van der Waals surface area contributed by atoms with E-state index in [4.69, 9.17) is 23.7 Å². The van der Waals surface area contributed by atoms with E-state index in [1.54, 1.807) is 27.7 Å². The third-order valence-corrected chi connectivity index (χ3v) is 20.6. The fraction of sp³-hybridized carbons (Fsp3) is 0.917. The van der Waals surface area contributed by atoms with E-state index in [0.29, 0.717) is 133 Å². The van der Waals surface area contributed by atoms with E-state index >= 15 is 0 Å². The Morgan fingerprint density at radius 2 is 0.669 bits per heavy atom. The fourth-order valence-electron chi connectivity index (χ4n) is 7.89. The van der Waals surface area contributed by atoms with Gasteiger partial charge in [0, 0.05) is 88.8 Å². The number of amides is 5. The Kier molecular flexibility index (Phi) is 103. The van der Waals surface area contributed by atoms with Gasteiger partial charge in [0.25, 0.3) is 0 Å². The Morgan fingerprint density at radius 3 is 0.944 bits per heavy atom. The summed E-state index contributed by atoms with van der Waals surface area (Å²) in [6, 6.07) is 0.283. The van der Waals surface area contributed by atoms with Crippen LogP contribution in [0, 0.1) is 94.7 Å². The zero-order chi connectivity index (χ0) is 101. The first-order chi connectivity index (χ1) is 55.9. The highest BCUT2D eigenvalue weighted by Crippen LogP contribution is 2.12. The van der Waals surface area contributed by atoms with Crippen molar-refractivity contribution in [2.24, 2.45) is 94.7 Å². The van der Waals surface area contributed by atoms with Gasteiger partial charge in [0.1, 0.15) is 18.2 Å². The molecule has 0 aliphatic rings. The molecule has 0 atom stereocenters. The summed E-state index contributed by atoms with van der Waals surface area (Å²) in [6.07, 6.45) is 4.33. The Labute approximate surface area is 767 Å². The number of sulfone groups is 2. The second-order valence-electron chi connectivity index (χ2n) is 40.4. The molecule has 0 aromatic rings. The molecule has 0 radical (unpaired) electrons. The van der Waals surface area contributed by atoms with Crippen LogP contribution in [0.25, 0.3) is 0 Å². The van der Waals surface area contributed by atoms with Gasteiger partial charge in [-0.25, -0.2) is 44.4 Å². The summed E-state index contributed by atoms with van der Waals surface area (Å²) in [6.45, 7) is 98.8. The first-order valence-corrected chi connectivity index (χ1v) is 51.5. The number of hydrogen-bond acceptors (Lipinski definition) is 19. The minimum absolute atomic E-state index is 0.0197. The molecule has 28 heteroatoms. The highest BCUT2D eigenvalue weighted by Gasteiger charge is 2.19. The Hall–Kier alpha value is -4.51. The van der Waals surface area contributed by atoms with Crippen molar-refractivity contribution in [2.75, 3.05) is 63.3 Å². The number of rotatable bonds is 42. The summed E-state index contributed by atoms with van der Waals surface area (Å²) in [7, 11) is -8.62. The van der Waals surface area contributed by atoms with Crippen LogP contribution in [0.4, 0.5) is 14.4 Å². The largest absolute Gasteiger partial charge is 0.463 e. The molecule has 0 unspecified atom stereocenters. The second-order valence-corrected chi connectivity index (χ2v) is 47.5. The Balaban J connectivity index is -0.000000110. The Morgan fingerprint density at radius 1 is 0.306 bits per heavy atom. The zero-order valence-electron chi connectivity index (χ0n) is 89.2. The van der Waals surface area contributed by atoms with Crippen LogP contribution in [0.3, 0.4) is 0 Å². The fourth-order valence-corrected chi connectivity index (χ4v) is 12.3. The van der Waals surface area contributed by atoms with Crippen LogP contribution >= 0.6 is 0 Å². The number of carbonyl (C=O) groups excluding carboxylic acids is 8. The minimum atomic E-state index is -3.04. The average molecular weight is 1840 g/mol. The Bertz CT molecular complexity index is 2660. The van der Waals surface area contributed by atoms with E-state index in [1.165, 1.54) is 0 Å². The molecule has 6 N–H and O–H groups in total. The van der Waals surface area contributed by atoms with E-state index in [1.807, 2.05) is 208 Å². The minimum Gasteiger partial charge on any atom is -0.463 e. The van der Waals surface area contributed by atoms with Crippen LogP contribution < -0.4 is 31.3 Å². The molecular formula is C96H206N6O19S3. The predicted molar refractivity (Wildman–Crippen MR) is 527 cm³/mol. The molecule has 0 aromatic carbocycles. The maximum absolute atomic E-state index is 11.3. The number of ether oxygens (including phenoxy) is 5. The SMILES string of the molecule is CC(C)CC(=O)CC(C)C.CC(C)CC(=O)COC(C)C.CC(C)CC(=O)OC(C)C.CC(C)CCC(=O)C(C)C.CC(C)CNC(=O)C(C)C.CC(C)CNC(=O)NC(C)C.CC(C)CNC(=O)OC(C)C.CC(C)CNS(=O)(=O)C(C)C.CC(C)COC(=O)NC(C)C.CC(C)COC(C)C.CC(C)CS(=O)(=O)C(C)C.CC(C)CS(=O)(=O)CC(C)C. The van der Waals surface area contributed by atoms with Crippen LogP contribution in [0.15, 0.2) is 0 Å². The first kappa shape index (κ1) is 145. The van der Waals surface area contributed by atoms with Crippen LogP contribution in [0.2, 0.25) is 0 Å². The lowest BCUT2D eigenvalue weighted by Gasteiger charge is -2.11. The lowest BCUT2D eigenvalue weighted by atomic mass is 10.00. The second kappa shape index (κ2) is 87.8. The van der Waals surface area contributed by atoms with E-state index in [2.05, 4.69) is 128 Å². The van der Waals surface area contributed by atoms with Crippen molar-refractivity contribution in [1.29, 1.82) is 0 Å². The summed E-state index contributed by atoms with van der Waals surface area (Å²) in [4.78, 5) is 87.5. The topological polar surface area (TPSA) is 357 Å². The number of Topliss-reactive ketones (excluding diaryl/α,β-unsaturated/α-hetero) is 3. The third kappa shape index (κ3) is 149. The molecule has 752 valence electrons. The van der Waals surface area contributed by atoms with Gasteiger partial charge < -0.3 is 50.3 Å². The summed E-state index contributed by atoms with van der Waals surface area (Å²) >= 11 is 0. The van der Waals surface area contributed by atoms with Gasteiger partial charge in [0.05, 0.1) is 58.8 Å². The summed E-state index contributed by atoms with van der Waals surface area (Å²) in [5.74, 6) is 8.57. The number of hydrogen-bond donors (Lipinski definition) is 6. The molecular weight excluding hydrogens is 1640 g/mol. The molecule has 0 bridgehead atoms. The van der Waals surface area contributed by atoms with E-state index in [-0.39, 0.29) is 113 Å². The third-order valence-electron chi connectivity index (χ3n) is 13.8. The molecule has 0 heterocycles. The maximum atomic E-state index is 11.3. The summed E-state index contributed by atoms with van der Waals surface area (Å²) < 4.78 is 94.7. The quantitative estimate of drug-likeness (QED) is 0.0244. The molecule has 25 nitrogen and oxygen atoms in total. The van der Waals surface area contributed by atoms with Gasteiger partial charge >= 0.3 is 24.2 Å².